The Kier molecular flexibility index (Phi) is 6.82. The van der Waals surface area contributed by atoms with E-state index >= 15 is 0 Å². The molecule has 0 bridgehead atoms. The predicted octanol–water partition coefficient (Wildman–Crippen LogP) is 2.05. The molecule has 0 saturated carbocycles. The Labute approximate surface area is 218 Å². The molecule has 3 aromatic rings. The minimum absolute atomic E-state index is 0.241. The summed E-state index contributed by atoms with van der Waals surface area (Å²) in [5.41, 5.74) is 8.94. The van der Waals surface area contributed by atoms with Crippen molar-refractivity contribution in [3.63, 3.8) is 0 Å². The van der Waals surface area contributed by atoms with Crippen LogP contribution < -0.4 is 16.4 Å². The molecule has 0 spiro atoms. The number of nitrogens with zero attached hydrogens (tertiary/aromatic N) is 2. The molecule has 1 aromatic heterocycles. The Bertz CT molecular complexity index is 1420. The first kappa shape index (κ1) is 25.0. The number of carbonyl (C=O) groups excluding carboxylic acids is 5. The molecule has 2 aliphatic rings. The summed E-state index contributed by atoms with van der Waals surface area (Å²) in [6.45, 7) is 1.12. The lowest BCUT2D eigenvalue weighted by atomic mass is 10.0. The maximum Gasteiger partial charge on any atom is 0.251 e. The molecule has 2 aliphatic heterocycles. The van der Waals surface area contributed by atoms with Crippen LogP contribution in [0.4, 0.5) is 11.4 Å². The van der Waals surface area contributed by atoms with Crippen LogP contribution in [0.2, 0.25) is 0 Å². The molecule has 5 rings (SSSR count). The van der Waals surface area contributed by atoms with Gasteiger partial charge in [-0.2, -0.15) is 0 Å². The SMILES string of the molecule is NC(=O)c1c(-c2ccc(NC(=O)[C@@H]3CCCN3C=O)cc2)[nH]c2ccc(NC(=O)[C@@H]3CCCN3C=O)cc12. The van der Waals surface area contributed by atoms with E-state index in [0.717, 1.165) is 12.8 Å². The number of nitrogens with two attached hydrogens (primary N) is 1. The quantitative estimate of drug-likeness (QED) is 0.337. The van der Waals surface area contributed by atoms with Gasteiger partial charge in [0.2, 0.25) is 24.6 Å². The first-order valence-corrected chi connectivity index (χ1v) is 12.5. The van der Waals surface area contributed by atoms with E-state index in [-0.39, 0.29) is 17.4 Å². The summed E-state index contributed by atoms with van der Waals surface area (Å²) in [6.07, 6.45) is 4.17. The molecule has 196 valence electrons. The largest absolute Gasteiger partial charge is 0.366 e. The first-order chi connectivity index (χ1) is 18.4. The second-order valence-corrected chi connectivity index (χ2v) is 9.56. The van der Waals surface area contributed by atoms with Crippen LogP contribution in [0.25, 0.3) is 22.2 Å². The number of hydrogen-bond acceptors (Lipinski definition) is 5. The number of benzene rings is 2. The number of anilines is 2. The molecule has 2 aromatic carbocycles. The molecular weight excluding hydrogens is 488 g/mol. The van der Waals surface area contributed by atoms with Gasteiger partial charge in [0.1, 0.15) is 12.1 Å². The lowest BCUT2D eigenvalue weighted by molar-refractivity contribution is -0.127. The van der Waals surface area contributed by atoms with Gasteiger partial charge in [0, 0.05) is 35.4 Å². The fourth-order valence-corrected chi connectivity index (χ4v) is 5.31. The van der Waals surface area contributed by atoms with Crippen LogP contribution in [-0.4, -0.2) is 70.5 Å². The van der Waals surface area contributed by atoms with Gasteiger partial charge in [0.05, 0.1) is 11.3 Å². The second-order valence-electron chi connectivity index (χ2n) is 9.56. The monoisotopic (exact) mass is 516 g/mol. The van der Waals surface area contributed by atoms with Crippen molar-refractivity contribution in [2.75, 3.05) is 23.7 Å². The molecule has 0 unspecified atom stereocenters. The van der Waals surface area contributed by atoms with E-state index in [1.165, 1.54) is 9.80 Å². The van der Waals surface area contributed by atoms with Gasteiger partial charge in [-0.25, -0.2) is 0 Å². The van der Waals surface area contributed by atoms with E-state index in [2.05, 4.69) is 15.6 Å². The maximum atomic E-state index is 12.7. The van der Waals surface area contributed by atoms with Gasteiger partial charge in [0.15, 0.2) is 0 Å². The van der Waals surface area contributed by atoms with Crippen LogP contribution >= 0.6 is 0 Å². The number of primary amides is 1. The van der Waals surface area contributed by atoms with Gasteiger partial charge in [-0.05, 0) is 61.6 Å². The molecule has 38 heavy (non-hydrogen) atoms. The zero-order valence-electron chi connectivity index (χ0n) is 20.6. The number of aromatic nitrogens is 1. The molecule has 3 heterocycles. The number of amides is 5. The summed E-state index contributed by atoms with van der Waals surface area (Å²) in [5.74, 6) is -1.16. The van der Waals surface area contributed by atoms with Crippen molar-refractivity contribution in [1.29, 1.82) is 0 Å². The number of likely N-dealkylation sites (tertiary alicyclic amines) is 2. The Morgan fingerprint density at radius 2 is 1.39 bits per heavy atom. The Morgan fingerprint density at radius 1 is 0.842 bits per heavy atom. The highest BCUT2D eigenvalue weighted by molar-refractivity contribution is 6.13. The molecule has 5 amide bonds. The van der Waals surface area contributed by atoms with Crippen molar-refractivity contribution >= 4 is 52.8 Å². The Hall–Kier alpha value is -4.67. The molecule has 0 radical (unpaired) electrons. The summed E-state index contributed by atoms with van der Waals surface area (Å²) in [7, 11) is 0. The Balaban J connectivity index is 1.38. The topological polar surface area (TPSA) is 158 Å². The lowest BCUT2D eigenvalue weighted by Crippen LogP contribution is -2.38. The van der Waals surface area contributed by atoms with Crippen LogP contribution in [0.3, 0.4) is 0 Å². The van der Waals surface area contributed by atoms with Gasteiger partial charge in [0.25, 0.3) is 5.91 Å². The Morgan fingerprint density at radius 3 is 1.95 bits per heavy atom. The highest BCUT2D eigenvalue weighted by atomic mass is 16.2. The van der Waals surface area contributed by atoms with Crippen LogP contribution in [-0.2, 0) is 19.2 Å². The summed E-state index contributed by atoms with van der Waals surface area (Å²) in [6, 6.07) is 11.1. The maximum absolute atomic E-state index is 12.7. The number of rotatable bonds is 8. The standard InChI is InChI=1S/C27H28N6O5/c28-25(36)23-19-13-18(30-27(38)22-4-2-12-33(22)15-35)9-10-20(19)31-24(23)16-5-7-17(8-6-16)29-26(37)21-3-1-11-32(21)14-34/h5-10,13-15,21-22,31H,1-4,11-12H2,(H2,28,36)(H,29,37)(H,30,38)/t21-,22-/m0/s1. The molecule has 2 atom stereocenters. The summed E-state index contributed by atoms with van der Waals surface area (Å²) >= 11 is 0. The van der Waals surface area contributed by atoms with E-state index in [1.54, 1.807) is 42.5 Å². The smallest absolute Gasteiger partial charge is 0.251 e. The van der Waals surface area contributed by atoms with Crippen molar-refractivity contribution < 1.29 is 24.0 Å². The van der Waals surface area contributed by atoms with Crippen molar-refractivity contribution in [2.24, 2.45) is 5.73 Å². The number of carbonyl (C=O) groups is 5. The number of hydrogen-bond donors (Lipinski definition) is 4. The summed E-state index contributed by atoms with van der Waals surface area (Å²) in [5, 5.41) is 6.23. The molecule has 11 nitrogen and oxygen atoms in total. The third kappa shape index (κ3) is 4.70. The minimum Gasteiger partial charge on any atom is -0.366 e. The van der Waals surface area contributed by atoms with Crippen molar-refractivity contribution in [3.8, 4) is 11.3 Å². The van der Waals surface area contributed by atoms with E-state index < -0.39 is 18.0 Å². The number of aromatic amines is 1. The number of H-pyrrole nitrogens is 1. The van der Waals surface area contributed by atoms with E-state index in [1.807, 2.05) is 0 Å². The fraction of sp³-hybridized carbons (Fsp3) is 0.296. The van der Waals surface area contributed by atoms with Crippen LogP contribution in [0.5, 0.6) is 0 Å². The number of nitrogens with one attached hydrogen (secondary N) is 3. The molecule has 11 heteroatoms. The predicted molar refractivity (Wildman–Crippen MR) is 141 cm³/mol. The summed E-state index contributed by atoms with van der Waals surface area (Å²) < 4.78 is 0. The fourth-order valence-electron chi connectivity index (χ4n) is 5.31. The van der Waals surface area contributed by atoms with Crippen LogP contribution in [0.15, 0.2) is 42.5 Å². The van der Waals surface area contributed by atoms with Gasteiger partial charge in [-0.15, -0.1) is 0 Å². The normalized spacial score (nSPS) is 18.9. The third-order valence-electron chi connectivity index (χ3n) is 7.22. The van der Waals surface area contributed by atoms with E-state index in [0.29, 0.717) is 72.3 Å². The third-order valence-corrected chi connectivity index (χ3v) is 7.22. The van der Waals surface area contributed by atoms with E-state index in [4.69, 9.17) is 5.73 Å². The van der Waals surface area contributed by atoms with Crippen molar-refractivity contribution in [2.45, 2.75) is 37.8 Å². The average molecular weight is 517 g/mol. The van der Waals surface area contributed by atoms with Crippen LogP contribution in [0.1, 0.15) is 36.0 Å². The zero-order chi connectivity index (χ0) is 26.8. The lowest BCUT2D eigenvalue weighted by Gasteiger charge is -2.19. The van der Waals surface area contributed by atoms with Gasteiger partial charge in [-0.3, -0.25) is 24.0 Å². The second kappa shape index (κ2) is 10.4. The van der Waals surface area contributed by atoms with Crippen molar-refractivity contribution in [1.82, 2.24) is 14.8 Å². The molecule has 2 saturated heterocycles. The van der Waals surface area contributed by atoms with Crippen LogP contribution in [0, 0.1) is 0 Å². The zero-order valence-corrected chi connectivity index (χ0v) is 20.6. The van der Waals surface area contributed by atoms with Gasteiger partial charge in [-0.1, -0.05) is 12.1 Å². The molecule has 0 aliphatic carbocycles. The van der Waals surface area contributed by atoms with Gasteiger partial charge < -0.3 is 31.2 Å². The summed E-state index contributed by atoms with van der Waals surface area (Å²) in [4.78, 5) is 66.4. The molecule has 2 fully saturated rings. The molecular formula is C27H28N6O5. The highest BCUT2D eigenvalue weighted by Gasteiger charge is 2.31. The van der Waals surface area contributed by atoms with Crippen molar-refractivity contribution in [3.05, 3.63) is 48.0 Å². The minimum atomic E-state index is -0.634. The van der Waals surface area contributed by atoms with Gasteiger partial charge >= 0.3 is 0 Å². The first-order valence-electron chi connectivity index (χ1n) is 12.5. The number of fused-ring (bicyclic) bond motifs is 1. The molecule has 5 N–H and O–H groups in total. The highest BCUT2D eigenvalue weighted by Crippen LogP contribution is 2.33. The average Bonchev–Trinajstić information content (AvgIpc) is 3.66. The van der Waals surface area contributed by atoms with E-state index in [9.17, 15) is 24.0 Å².